The summed E-state index contributed by atoms with van der Waals surface area (Å²) >= 11 is 5.80. The van der Waals surface area contributed by atoms with Crippen molar-refractivity contribution in [3.63, 3.8) is 0 Å². The number of likely N-dealkylation sites (N-methyl/N-ethyl adjacent to an activating group) is 1. The molecule has 0 radical (unpaired) electrons. The predicted octanol–water partition coefficient (Wildman–Crippen LogP) is 2.99. The molecule has 1 heterocycles. The Morgan fingerprint density at radius 1 is 1.10 bits per heavy atom. The summed E-state index contributed by atoms with van der Waals surface area (Å²) in [7, 11) is -3.48. The predicted molar refractivity (Wildman–Crippen MR) is 83.8 cm³/mol. The number of rotatable bonds is 6. The number of aromatic nitrogens is 1. The first-order valence-corrected chi connectivity index (χ1v) is 8.50. The number of nitrogens with zero attached hydrogens (tertiary/aromatic N) is 2. The lowest BCUT2D eigenvalue weighted by molar-refractivity contribution is 0.431. The standard InChI is InChI=1S/C15H17ClN2O2S/c1-2-18(12-9-13-7-10-17-11-8-13)21(19,20)15-5-3-14(16)4-6-15/h3-8,10-11H,2,9,12H2,1H3. The number of halogens is 1. The van der Waals surface area contributed by atoms with E-state index in [1.807, 2.05) is 19.1 Å². The summed E-state index contributed by atoms with van der Waals surface area (Å²) in [4.78, 5) is 4.22. The fourth-order valence-corrected chi connectivity index (χ4v) is 3.58. The van der Waals surface area contributed by atoms with Crippen LogP contribution in [0.2, 0.25) is 5.02 Å². The molecule has 1 aromatic heterocycles. The molecule has 0 saturated heterocycles. The molecule has 21 heavy (non-hydrogen) atoms. The zero-order valence-electron chi connectivity index (χ0n) is 11.7. The van der Waals surface area contributed by atoms with Gasteiger partial charge in [0.25, 0.3) is 0 Å². The van der Waals surface area contributed by atoms with Crippen molar-refractivity contribution in [1.82, 2.24) is 9.29 Å². The van der Waals surface area contributed by atoms with Crippen molar-refractivity contribution >= 4 is 21.6 Å². The molecule has 2 rings (SSSR count). The minimum absolute atomic E-state index is 0.267. The van der Waals surface area contributed by atoms with E-state index >= 15 is 0 Å². The van der Waals surface area contributed by atoms with Crippen molar-refractivity contribution in [2.24, 2.45) is 0 Å². The molecule has 0 saturated carbocycles. The van der Waals surface area contributed by atoms with Crippen molar-refractivity contribution in [2.75, 3.05) is 13.1 Å². The van der Waals surface area contributed by atoms with Crippen LogP contribution >= 0.6 is 11.6 Å². The molecule has 0 N–H and O–H groups in total. The van der Waals surface area contributed by atoms with Gasteiger partial charge in [-0.3, -0.25) is 4.98 Å². The van der Waals surface area contributed by atoms with Crippen LogP contribution < -0.4 is 0 Å². The highest BCUT2D eigenvalue weighted by atomic mass is 35.5. The molecule has 0 aliphatic heterocycles. The largest absolute Gasteiger partial charge is 0.265 e. The number of benzene rings is 1. The van der Waals surface area contributed by atoms with Crippen LogP contribution in [0.15, 0.2) is 53.7 Å². The van der Waals surface area contributed by atoms with E-state index < -0.39 is 10.0 Å². The second-order valence-corrected chi connectivity index (χ2v) is 6.93. The minimum Gasteiger partial charge on any atom is -0.265 e. The highest BCUT2D eigenvalue weighted by molar-refractivity contribution is 7.89. The van der Waals surface area contributed by atoms with Gasteiger partial charge in [-0.15, -0.1) is 0 Å². The SMILES string of the molecule is CCN(CCc1ccncc1)S(=O)(=O)c1ccc(Cl)cc1. The molecule has 4 nitrogen and oxygen atoms in total. The van der Waals surface area contributed by atoms with Crippen molar-refractivity contribution in [1.29, 1.82) is 0 Å². The molecule has 0 unspecified atom stereocenters. The van der Waals surface area contributed by atoms with Crippen molar-refractivity contribution in [3.05, 3.63) is 59.4 Å². The van der Waals surface area contributed by atoms with Gasteiger partial charge >= 0.3 is 0 Å². The van der Waals surface area contributed by atoms with Gasteiger partial charge in [-0.05, 0) is 48.4 Å². The molecular formula is C15H17ClN2O2S. The lowest BCUT2D eigenvalue weighted by atomic mass is 10.2. The van der Waals surface area contributed by atoms with E-state index in [1.54, 1.807) is 24.5 Å². The average molecular weight is 325 g/mol. The van der Waals surface area contributed by atoms with Crippen LogP contribution in [-0.2, 0) is 16.4 Å². The van der Waals surface area contributed by atoms with Crippen molar-refractivity contribution in [3.8, 4) is 0 Å². The molecule has 0 fully saturated rings. The number of pyridine rings is 1. The molecule has 0 bridgehead atoms. The normalized spacial score (nSPS) is 11.8. The molecule has 2 aromatic rings. The first-order chi connectivity index (χ1) is 10.0. The van der Waals surface area contributed by atoms with Gasteiger partial charge in [-0.1, -0.05) is 18.5 Å². The van der Waals surface area contributed by atoms with E-state index in [4.69, 9.17) is 11.6 Å². The summed E-state index contributed by atoms with van der Waals surface area (Å²) < 4.78 is 26.6. The van der Waals surface area contributed by atoms with Gasteiger partial charge in [0.1, 0.15) is 0 Å². The molecule has 0 aliphatic carbocycles. The van der Waals surface area contributed by atoms with Crippen LogP contribution in [0.1, 0.15) is 12.5 Å². The fraction of sp³-hybridized carbons (Fsp3) is 0.267. The maximum atomic E-state index is 12.6. The maximum Gasteiger partial charge on any atom is 0.243 e. The number of sulfonamides is 1. The lowest BCUT2D eigenvalue weighted by Gasteiger charge is -2.20. The summed E-state index contributed by atoms with van der Waals surface area (Å²) in [6.07, 6.45) is 4.07. The fourth-order valence-electron chi connectivity index (χ4n) is 2.01. The monoisotopic (exact) mass is 324 g/mol. The summed E-state index contributed by atoms with van der Waals surface area (Å²) in [6, 6.07) is 10.0. The van der Waals surface area contributed by atoms with Gasteiger partial charge in [0.2, 0.25) is 10.0 Å². The second-order valence-electron chi connectivity index (χ2n) is 4.56. The Hall–Kier alpha value is -1.43. The van der Waals surface area contributed by atoms with E-state index in [9.17, 15) is 8.42 Å². The summed E-state index contributed by atoms with van der Waals surface area (Å²) in [5.74, 6) is 0. The third kappa shape index (κ3) is 4.03. The average Bonchev–Trinajstić information content (AvgIpc) is 2.49. The van der Waals surface area contributed by atoms with E-state index in [0.717, 1.165) is 5.56 Å². The van der Waals surface area contributed by atoms with Gasteiger partial charge in [0, 0.05) is 30.5 Å². The smallest absolute Gasteiger partial charge is 0.243 e. The third-order valence-corrected chi connectivity index (χ3v) is 5.44. The van der Waals surface area contributed by atoms with Crippen molar-refractivity contribution in [2.45, 2.75) is 18.2 Å². The summed E-state index contributed by atoms with van der Waals surface area (Å²) in [5.41, 5.74) is 1.06. The Balaban J connectivity index is 2.14. The number of hydrogen-bond donors (Lipinski definition) is 0. The zero-order valence-corrected chi connectivity index (χ0v) is 13.3. The highest BCUT2D eigenvalue weighted by Gasteiger charge is 2.22. The summed E-state index contributed by atoms with van der Waals surface area (Å²) in [5, 5.41) is 0.522. The molecule has 0 aliphatic rings. The van der Waals surface area contributed by atoms with E-state index in [0.29, 0.717) is 24.5 Å². The molecular weight excluding hydrogens is 308 g/mol. The first kappa shape index (κ1) is 15.9. The summed E-state index contributed by atoms with van der Waals surface area (Å²) in [6.45, 7) is 2.70. The Morgan fingerprint density at radius 2 is 1.71 bits per heavy atom. The number of hydrogen-bond acceptors (Lipinski definition) is 3. The molecule has 0 atom stereocenters. The zero-order chi connectivity index (χ0) is 15.3. The van der Waals surface area contributed by atoms with Gasteiger partial charge in [0.05, 0.1) is 4.90 Å². The highest BCUT2D eigenvalue weighted by Crippen LogP contribution is 2.18. The first-order valence-electron chi connectivity index (χ1n) is 6.68. The quantitative estimate of drug-likeness (QED) is 0.820. The van der Waals surface area contributed by atoms with Crippen LogP contribution in [-0.4, -0.2) is 30.8 Å². The second kappa shape index (κ2) is 7.02. The van der Waals surface area contributed by atoms with Crippen LogP contribution in [0.5, 0.6) is 0 Å². The molecule has 1 aromatic carbocycles. The van der Waals surface area contributed by atoms with Crippen molar-refractivity contribution < 1.29 is 8.42 Å². The third-order valence-electron chi connectivity index (χ3n) is 3.20. The molecule has 6 heteroatoms. The van der Waals surface area contributed by atoms with Gasteiger partial charge in [-0.2, -0.15) is 4.31 Å². The maximum absolute atomic E-state index is 12.6. The molecule has 112 valence electrons. The minimum atomic E-state index is -3.48. The van der Waals surface area contributed by atoms with Gasteiger partial charge < -0.3 is 0 Å². The topological polar surface area (TPSA) is 50.3 Å². The van der Waals surface area contributed by atoms with Crippen LogP contribution in [0.3, 0.4) is 0 Å². The van der Waals surface area contributed by atoms with Gasteiger partial charge in [-0.25, -0.2) is 8.42 Å². The van der Waals surface area contributed by atoms with Crippen LogP contribution in [0, 0.1) is 0 Å². The Bertz CT molecular complexity index is 673. The van der Waals surface area contributed by atoms with E-state index in [2.05, 4.69) is 4.98 Å². The molecule has 0 amide bonds. The van der Waals surface area contributed by atoms with E-state index in [-0.39, 0.29) is 4.90 Å². The van der Waals surface area contributed by atoms with Gasteiger partial charge in [0.15, 0.2) is 0 Å². The Labute approximate surface area is 130 Å². The van der Waals surface area contributed by atoms with Crippen LogP contribution in [0.25, 0.3) is 0 Å². The molecule has 0 spiro atoms. The Kier molecular flexibility index (Phi) is 5.33. The van der Waals surface area contributed by atoms with E-state index in [1.165, 1.54) is 16.4 Å². The lowest BCUT2D eigenvalue weighted by Crippen LogP contribution is -2.32. The van der Waals surface area contributed by atoms with Crippen LogP contribution in [0.4, 0.5) is 0 Å². The Morgan fingerprint density at radius 3 is 2.29 bits per heavy atom.